The van der Waals surface area contributed by atoms with Crippen molar-refractivity contribution < 1.29 is 0 Å². The van der Waals surface area contributed by atoms with E-state index in [0.717, 1.165) is 27.8 Å². The Kier molecular flexibility index (Phi) is 9.11. The van der Waals surface area contributed by atoms with E-state index in [1.165, 1.54) is 71.8 Å². The number of nitrogens with two attached hydrogens (primary N) is 1. The Bertz CT molecular complexity index is 3060. The number of hydrogen-bond acceptors (Lipinski definition) is 1. The van der Waals surface area contributed by atoms with Gasteiger partial charge >= 0.3 is 0 Å². The Morgan fingerprint density at radius 1 is 0.492 bits per heavy atom. The van der Waals surface area contributed by atoms with Crippen LogP contribution in [0.5, 0.6) is 0 Å². The Morgan fingerprint density at radius 3 is 1.73 bits per heavy atom. The van der Waals surface area contributed by atoms with Gasteiger partial charge in [0, 0.05) is 16.5 Å². The molecule has 0 amide bonds. The van der Waals surface area contributed by atoms with Gasteiger partial charge in [-0.1, -0.05) is 214 Å². The minimum Gasteiger partial charge on any atom is -0.383 e. The topological polar surface area (TPSA) is 38.4 Å². The van der Waals surface area contributed by atoms with E-state index < -0.39 is 0 Å². The first-order valence-corrected chi connectivity index (χ1v) is 20.5. The fourth-order valence-corrected chi connectivity index (χ4v) is 9.09. The number of allylic oxidation sites excluding steroid dienone is 1. The maximum Gasteiger partial charge on any atom is 0.131 e. The summed E-state index contributed by atoms with van der Waals surface area (Å²) in [6.07, 6.45) is 2.93. The van der Waals surface area contributed by atoms with Crippen LogP contribution in [-0.4, -0.2) is 5.84 Å². The second-order valence-electron chi connectivity index (χ2n) is 16.1. The van der Waals surface area contributed by atoms with Crippen molar-refractivity contribution in [2.75, 3.05) is 0 Å². The van der Waals surface area contributed by atoms with Crippen LogP contribution in [0.2, 0.25) is 0 Å². The molecule has 2 nitrogen and oxygen atoms in total. The Balaban J connectivity index is 1.05. The van der Waals surface area contributed by atoms with E-state index in [4.69, 9.17) is 10.7 Å². The lowest BCUT2D eigenvalue weighted by molar-refractivity contribution is 0.666. The largest absolute Gasteiger partial charge is 0.383 e. The molecule has 0 aliphatic heterocycles. The van der Waals surface area contributed by atoms with Crippen molar-refractivity contribution in [2.45, 2.75) is 25.7 Å². The van der Waals surface area contributed by atoms with Crippen LogP contribution >= 0.6 is 0 Å². The van der Waals surface area contributed by atoms with Crippen molar-refractivity contribution in [3.05, 3.63) is 234 Å². The molecule has 0 bridgehead atoms. The van der Waals surface area contributed by atoms with Crippen molar-refractivity contribution in [2.24, 2.45) is 10.7 Å². The molecule has 0 spiro atoms. The number of amidine groups is 1. The summed E-state index contributed by atoms with van der Waals surface area (Å²) in [6.45, 7) is 4.75. The molecule has 9 aromatic carbocycles. The number of benzene rings is 9. The van der Waals surface area contributed by atoms with Gasteiger partial charge in [-0.2, -0.15) is 0 Å². The van der Waals surface area contributed by atoms with Crippen LogP contribution < -0.4 is 5.73 Å². The quantitative estimate of drug-likeness (QED) is 0.122. The molecule has 10 rings (SSSR count). The summed E-state index contributed by atoms with van der Waals surface area (Å²) < 4.78 is 0. The summed E-state index contributed by atoms with van der Waals surface area (Å²) in [7, 11) is 0. The minimum absolute atomic E-state index is 0.141. The average molecular weight is 757 g/mol. The van der Waals surface area contributed by atoms with Gasteiger partial charge in [-0.25, -0.2) is 4.99 Å². The molecule has 0 atom stereocenters. The van der Waals surface area contributed by atoms with Crippen molar-refractivity contribution in [1.82, 2.24) is 0 Å². The average Bonchev–Trinajstić information content (AvgIpc) is 3.53. The number of rotatable bonds is 8. The molecule has 2 heteroatoms. The minimum atomic E-state index is -0.141. The van der Waals surface area contributed by atoms with E-state index in [9.17, 15) is 0 Å². The van der Waals surface area contributed by atoms with Crippen molar-refractivity contribution in [3.8, 4) is 44.5 Å². The molecule has 59 heavy (non-hydrogen) atoms. The molecule has 9 aromatic rings. The molecular formula is C57H44N2. The molecule has 0 radical (unpaired) electrons. The highest BCUT2D eigenvalue weighted by Gasteiger charge is 2.37. The monoisotopic (exact) mass is 756 g/mol. The van der Waals surface area contributed by atoms with E-state index in [0.29, 0.717) is 12.3 Å². The normalized spacial score (nSPS) is 13.4. The number of aliphatic imine (C=N–C) groups is 1. The fraction of sp³-hybridized carbons (Fsp3) is 0.0702. The van der Waals surface area contributed by atoms with E-state index >= 15 is 0 Å². The van der Waals surface area contributed by atoms with Crippen molar-refractivity contribution in [3.63, 3.8) is 0 Å². The first kappa shape index (κ1) is 36.1. The molecule has 0 saturated heterocycles. The summed E-state index contributed by atoms with van der Waals surface area (Å²) in [5, 5.41) is 4.94. The first-order chi connectivity index (χ1) is 28.9. The standard InChI is InChI=1S/C57H44N2/c1-57(2)53-37-45(31-32-50(53)52-33-30-43-17-9-10-18-47(43)55(52)57)46-34-35-51(49-20-12-11-19-48(46)49)54(36-23-38-21-24-41(25-22-38)39-13-5-3-6-14-39)59-56(58)44-28-26-42(27-29-44)40-15-7-4-8-16-40/h3-22,24-37H,23H2,1-2H3,(H2,58,59)/b54-36-. The van der Waals surface area contributed by atoms with Gasteiger partial charge in [-0.05, 0) is 95.2 Å². The van der Waals surface area contributed by atoms with Gasteiger partial charge in [-0.15, -0.1) is 0 Å². The maximum absolute atomic E-state index is 6.90. The molecule has 0 fully saturated rings. The summed E-state index contributed by atoms with van der Waals surface area (Å²) in [5.74, 6) is 0.483. The van der Waals surface area contributed by atoms with Gasteiger partial charge in [-0.3, -0.25) is 0 Å². The summed E-state index contributed by atoms with van der Waals surface area (Å²) in [6, 6.07) is 71.8. The highest BCUT2D eigenvalue weighted by molar-refractivity contribution is 6.07. The zero-order valence-electron chi connectivity index (χ0n) is 33.4. The summed E-state index contributed by atoms with van der Waals surface area (Å²) >= 11 is 0. The number of hydrogen-bond donors (Lipinski definition) is 1. The molecule has 2 N–H and O–H groups in total. The molecule has 282 valence electrons. The zero-order valence-corrected chi connectivity index (χ0v) is 33.4. The predicted octanol–water partition coefficient (Wildman–Crippen LogP) is 14.3. The maximum atomic E-state index is 6.90. The van der Waals surface area contributed by atoms with Crippen LogP contribution in [-0.2, 0) is 11.8 Å². The third kappa shape index (κ3) is 6.63. The lowest BCUT2D eigenvalue weighted by Crippen LogP contribution is -2.15. The third-order valence-electron chi connectivity index (χ3n) is 12.2. The molecule has 0 heterocycles. The zero-order chi connectivity index (χ0) is 39.9. The van der Waals surface area contributed by atoms with Crippen LogP contribution in [0.25, 0.3) is 71.7 Å². The van der Waals surface area contributed by atoms with E-state index in [1.54, 1.807) is 0 Å². The molecule has 0 aromatic heterocycles. The molecule has 0 unspecified atom stereocenters. The van der Waals surface area contributed by atoms with Gasteiger partial charge in [0.25, 0.3) is 0 Å². The smallest absolute Gasteiger partial charge is 0.131 e. The van der Waals surface area contributed by atoms with Gasteiger partial charge in [0.1, 0.15) is 5.84 Å². The highest BCUT2D eigenvalue weighted by Crippen LogP contribution is 2.52. The number of fused-ring (bicyclic) bond motifs is 6. The first-order valence-electron chi connectivity index (χ1n) is 20.5. The van der Waals surface area contributed by atoms with E-state index in [-0.39, 0.29) is 5.41 Å². The lowest BCUT2D eigenvalue weighted by Gasteiger charge is -2.24. The van der Waals surface area contributed by atoms with Gasteiger partial charge in [0.2, 0.25) is 0 Å². The second-order valence-corrected chi connectivity index (χ2v) is 16.1. The van der Waals surface area contributed by atoms with Crippen LogP contribution in [0.15, 0.2) is 211 Å². The Hall–Kier alpha value is -7.29. The fourth-order valence-electron chi connectivity index (χ4n) is 9.09. The van der Waals surface area contributed by atoms with Crippen LogP contribution in [0.4, 0.5) is 0 Å². The van der Waals surface area contributed by atoms with Crippen LogP contribution in [0, 0.1) is 0 Å². The highest BCUT2D eigenvalue weighted by atomic mass is 14.9. The SMILES string of the molecule is CC1(C)c2cc(-c3ccc(/C(=C/Cc4ccc(-c5ccccc5)cc4)N=C(N)c4ccc(-c5ccccc5)cc4)c4ccccc34)ccc2-c2ccc3ccccc3c21. The lowest BCUT2D eigenvalue weighted by atomic mass is 9.79. The van der Waals surface area contributed by atoms with Crippen molar-refractivity contribution in [1.29, 1.82) is 0 Å². The number of nitrogens with zero attached hydrogens (tertiary/aromatic N) is 1. The molecule has 1 aliphatic rings. The van der Waals surface area contributed by atoms with Crippen LogP contribution in [0.1, 0.15) is 41.7 Å². The van der Waals surface area contributed by atoms with Gasteiger partial charge < -0.3 is 5.73 Å². The molecule has 1 aliphatic carbocycles. The third-order valence-corrected chi connectivity index (χ3v) is 12.2. The van der Waals surface area contributed by atoms with Crippen molar-refractivity contribution >= 4 is 33.1 Å². The van der Waals surface area contributed by atoms with Gasteiger partial charge in [0.15, 0.2) is 0 Å². The Labute approximate surface area is 346 Å². The molecular weight excluding hydrogens is 713 g/mol. The van der Waals surface area contributed by atoms with E-state index in [2.05, 4.69) is 214 Å². The predicted molar refractivity (Wildman–Crippen MR) is 251 cm³/mol. The van der Waals surface area contributed by atoms with Crippen LogP contribution in [0.3, 0.4) is 0 Å². The summed E-state index contributed by atoms with van der Waals surface area (Å²) in [4.78, 5) is 5.22. The van der Waals surface area contributed by atoms with E-state index in [1.807, 2.05) is 6.07 Å². The van der Waals surface area contributed by atoms with Gasteiger partial charge in [0.05, 0.1) is 5.70 Å². The Morgan fingerprint density at radius 2 is 1.03 bits per heavy atom. The molecule has 0 saturated carbocycles. The second kappa shape index (κ2) is 14.9. The summed E-state index contributed by atoms with van der Waals surface area (Å²) in [5.41, 5.74) is 23.3.